The van der Waals surface area contributed by atoms with Gasteiger partial charge in [-0.05, 0) is 50.6 Å². The monoisotopic (exact) mass is 592 g/mol. The number of carbonyl (C=O) groups is 3. The lowest BCUT2D eigenvalue weighted by Gasteiger charge is -2.23. The number of halogens is 1. The van der Waals surface area contributed by atoms with Crippen molar-refractivity contribution in [3.63, 3.8) is 0 Å². The van der Waals surface area contributed by atoms with E-state index in [0.717, 1.165) is 5.56 Å². The number of methoxy groups -OCH3 is 1. The van der Waals surface area contributed by atoms with Gasteiger partial charge in [0.15, 0.2) is 0 Å². The summed E-state index contributed by atoms with van der Waals surface area (Å²) in [5, 5.41) is 8.72. The third-order valence-electron chi connectivity index (χ3n) is 5.83. The van der Waals surface area contributed by atoms with Crippen molar-refractivity contribution in [3.05, 3.63) is 92.9 Å². The molecule has 13 heteroatoms. The van der Waals surface area contributed by atoms with Crippen molar-refractivity contribution in [3.8, 4) is 6.01 Å². The summed E-state index contributed by atoms with van der Waals surface area (Å²) in [4.78, 5) is 61.7. The zero-order valence-corrected chi connectivity index (χ0v) is 24.0. The van der Waals surface area contributed by atoms with E-state index in [1.165, 1.54) is 37.6 Å². The number of pyridine rings is 1. The topological polar surface area (TPSA) is 164 Å². The fourth-order valence-corrected chi connectivity index (χ4v) is 4.04. The molecule has 2 heterocycles. The van der Waals surface area contributed by atoms with E-state index in [0.29, 0.717) is 5.39 Å². The smallest absolute Gasteiger partial charge is 0.407 e. The van der Waals surface area contributed by atoms with E-state index in [2.05, 4.69) is 30.9 Å². The first-order valence-corrected chi connectivity index (χ1v) is 13.2. The molecule has 0 aliphatic carbocycles. The number of hydrogen-bond acceptors (Lipinski definition) is 8. The number of H-pyrrole nitrogens is 1. The molecule has 1 atom stereocenters. The lowest BCUT2D eigenvalue weighted by atomic mass is 10.1. The van der Waals surface area contributed by atoms with Crippen LogP contribution in [-0.4, -0.2) is 52.1 Å². The highest BCUT2D eigenvalue weighted by atomic mass is 35.5. The Balaban J connectivity index is 1.52. The number of hydrogen-bond donors (Lipinski definition) is 4. The predicted octanol–water partition coefficient (Wildman–Crippen LogP) is 4.23. The molecule has 0 fully saturated rings. The highest BCUT2D eigenvalue weighted by Crippen LogP contribution is 2.24. The van der Waals surface area contributed by atoms with Crippen LogP contribution in [0, 0.1) is 0 Å². The normalized spacial score (nSPS) is 11.8. The van der Waals surface area contributed by atoms with E-state index >= 15 is 0 Å². The van der Waals surface area contributed by atoms with Gasteiger partial charge in [0, 0.05) is 23.7 Å². The number of fused-ring (bicyclic) bond motifs is 1. The highest BCUT2D eigenvalue weighted by Gasteiger charge is 2.21. The standard InChI is InChI=1S/C29H29ClN6O6/c1-29(2,3)42-28(40)32-15-22(16-8-6-5-7-9-16)34-24(37)17-10-11-20(30)21(13-17)33-25(38)19-12-18-14-31-27(41-4)36-23(18)35-26(19)39/h5-14,22H,15H2,1-4H3,(H,32,40)(H,33,38)(H,34,37)(H,31,35,36,39)/t22-/m0/s1. The first kappa shape index (κ1) is 30.0. The van der Waals surface area contributed by atoms with Crippen molar-refractivity contribution < 1.29 is 23.9 Å². The van der Waals surface area contributed by atoms with Crippen LogP contribution in [0.4, 0.5) is 10.5 Å². The number of anilines is 1. The zero-order chi connectivity index (χ0) is 30.4. The number of alkyl carbamates (subject to hydrolysis) is 1. The van der Waals surface area contributed by atoms with Crippen molar-refractivity contribution in [1.29, 1.82) is 0 Å². The number of nitrogens with one attached hydrogen (secondary N) is 4. The fraction of sp³-hybridized carbons (Fsp3) is 0.241. The van der Waals surface area contributed by atoms with Gasteiger partial charge in [-0.1, -0.05) is 41.9 Å². The molecule has 3 amide bonds. The molecule has 0 aliphatic heterocycles. The summed E-state index contributed by atoms with van der Waals surface area (Å²) in [6.45, 7) is 5.31. The Labute approximate surface area is 245 Å². The molecule has 218 valence electrons. The van der Waals surface area contributed by atoms with Crippen molar-refractivity contribution in [2.75, 3.05) is 19.0 Å². The van der Waals surface area contributed by atoms with Crippen molar-refractivity contribution in [2.24, 2.45) is 0 Å². The summed E-state index contributed by atoms with van der Waals surface area (Å²) in [6, 6.07) is 14.2. The summed E-state index contributed by atoms with van der Waals surface area (Å²) in [7, 11) is 1.39. The van der Waals surface area contributed by atoms with Crippen LogP contribution < -0.4 is 26.2 Å². The Bertz CT molecular complexity index is 1690. The van der Waals surface area contributed by atoms with E-state index in [-0.39, 0.29) is 40.0 Å². The third-order valence-corrected chi connectivity index (χ3v) is 6.16. The summed E-state index contributed by atoms with van der Waals surface area (Å²) >= 11 is 6.31. The van der Waals surface area contributed by atoms with Gasteiger partial charge in [-0.15, -0.1) is 0 Å². The molecular formula is C29H29ClN6O6. The van der Waals surface area contributed by atoms with Crippen LogP contribution in [0.3, 0.4) is 0 Å². The van der Waals surface area contributed by atoms with Crippen LogP contribution >= 0.6 is 11.6 Å². The second kappa shape index (κ2) is 12.7. The molecule has 0 spiro atoms. The lowest BCUT2D eigenvalue weighted by Crippen LogP contribution is -2.40. The number of rotatable bonds is 8. The molecule has 0 saturated carbocycles. The average molecular weight is 593 g/mol. The number of aromatic amines is 1. The molecule has 2 aromatic heterocycles. The van der Waals surface area contributed by atoms with Gasteiger partial charge in [0.1, 0.15) is 16.8 Å². The Morgan fingerprint density at radius 2 is 1.79 bits per heavy atom. The second-order valence-corrected chi connectivity index (χ2v) is 10.5. The number of aromatic nitrogens is 3. The van der Waals surface area contributed by atoms with Crippen molar-refractivity contribution >= 4 is 46.2 Å². The van der Waals surface area contributed by atoms with E-state index in [9.17, 15) is 19.2 Å². The minimum Gasteiger partial charge on any atom is -0.467 e. The fourth-order valence-electron chi connectivity index (χ4n) is 3.87. The summed E-state index contributed by atoms with van der Waals surface area (Å²) in [5.74, 6) is -1.24. The van der Waals surface area contributed by atoms with Crippen molar-refractivity contribution in [1.82, 2.24) is 25.6 Å². The van der Waals surface area contributed by atoms with E-state index in [1.807, 2.05) is 30.3 Å². The SMILES string of the molecule is COc1ncc2cc(C(=O)Nc3cc(C(=O)N[C@@H](CNC(=O)OC(C)(C)C)c4ccccc4)ccc3Cl)c(=O)[nH]c2n1. The molecule has 4 aromatic rings. The average Bonchev–Trinajstić information content (AvgIpc) is 2.95. The molecule has 42 heavy (non-hydrogen) atoms. The molecule has 12 nitrogen and oxygen atoms in total. The Hall–Kier alpha value is -4.97. The quantitative estimate of drug-likeness (QED) is 0.236. The Kier molecular flexibility index (Phi) is 9.06. The molecule has 0 saturated heterocycles. The molecule has 0 bridgehead atoms. The molecular weight excluding hydrogens is 564 g/mol. The number of nitrogens with zero attached hydrogens (tertiary/aromatic N) is 2. The van der Waals surface area contributed by atoms with Gasteiger partial charge in [-0.2, -0.15) is 4.98 Å². The van der Waals surface area contributed by atoms with Gasteiger partial charge in [-0.3, -0.25) is 14.4 Å². The van der Waals surface area contributed by atoms with Gasteiger partial charge >= 0.3 is 12.1 Å². The summed E-state index contributed by atoms with van der Waals surface area (Å²) < 4.78 is 10.3. The van der Waals surface area contributed by atoms with Gasteiger partial charge in [-0.25, -0.2) is 9.78 Å². The summed E-state index contributed by atoms with van der Waals surface area (Å²) in [5.41, 5.74) is -0.327. The maximum Gasteiger partial charge on any atom is 0.407 e. The Morgan fingerprint density at radius 1 is 1.05 bits per heavy atom. The van der Waals surface area contributed by atoms with Crippen LogP contribution in [0.2, 0.25) is 5.02 Å². The molecule has 2 aromatic carbocycles. The maximum absolute atomic E-state index is 13.3. The maximum atomic E-state index is 13.3. The molecule has 0 aliphatic rings. The number of amides is 3. The zero-order valence-electron chi connectivity index (χ0n) is 23.3. The largest absolute Gasteiger partial charge is 0.467 e. The van der Waals surface area contributed by atoms with Gasteiger partial charge in [0.2, 0.25) is 0 Å². The highest BCUT2D eigenvalue weighted by molar-refractivity contribution is 6.34. The van der Waals surface area contributed by atoms with E-state index in [4.69, 9.17) is 21.1 Å². The summed E-state index contributed by atoms with van der Waals surface area (Å²) in [6.07, 6.45) is 0.788. The van der Waals surface area contributed by atoms with E-state index < -0.39 is 35.1 Å². The minimum absolute atomic E-state index is 0.0577. The van der Waals surface area contributed by atoms with Crippen LogP contribution in [-0.2, 0) is 4.74 Å². The lowest BCUT2D eigenvalue weighted by molar-refractivity contribution is 0.0519. The third kappa shape index (κ3) is 7.61. The first-order valence-electron chi connectivity index (χ1n) is 12.8. The van der Waals surface area contributed by atoms with Crippen molar-refractivity contribution in [2.45, 2.75) is 32.4 Å². The molecule has 4 N–H and O–H groups in total. The van der Waals surface area contributed by atoms with Crippen LogP contribution in [0.25, 0.3) is 11.0 Å². The van der Waals surface area contributed by atoms with Gasteiger partial charge in [0.05, 0.1) is 23.9 Å². The predicted molar refractivity (Wildman–Crippen MR) is 157 cm³/mol. The van der Waals surface area contributed by atoms with E-state index in [1.54, 1.807) is 20.8 Å². The molecule has 0 unspecified atom stereocenters. The minimum atomic E-state index is -0.753. The number of ether oxygens (including phenoxy) is 2. The van der Waals surface area contributed by atoms with Gasteiger partial charge < -0.3 is 30.4 Å². The van der Waals surface area contributed by atoms with Crippen LogP contribution in [0.5, 0.6) is 6.01 Å². The Morgan fingerprint density at radius 3 is 2.48 bits per heavy atom. The van der Waals surface area contributed by atoms with Gasteiger partial charge in [0.25, 0.3) is 17.4 Å². The first-order chi connectivity index (χ1) is 19.9. The molecule has 4 rings (SSSR count). The van der Waals surface area contributed by atoms with Crippen LogP contribution in [0.15, 0.2) is 65.6 Å². The van der Waals surface area contributed by atoms with Crippen LogP contribution in [0.1, 0.15) is 53.1 Å². The number of benzene rings is 2. The number of carbonyl (C=O) groups excluding carboxylic acids is 3. The molecule has 0 radical (unpaired) electrons. The second-order valence-electron chi connectivity index (χ2n) is 10.1.